The lowest BCUT2D eigenvalue weighted by molar-refractivity contribution is 0.104. The fourth-order valence-electron chi connectivity index (χ4n) is 3.07. The summed E-state index contributed by atoms with van der Waals surface area (Å²) in [6, 6.07) is 15.6. The normalized spacial score (nSPS) is 14.9. The van der Waals surface area contributed by atoms with Crippen LogP contribution in [0.25, 0.3) is 10.8 Å². The SMILES string of the molecule is O=C1c2ccccc2/C(=N/O)c2c(O)ccc3cccc1c23. The van der Waals surface area contributed by atoms with Crippen LogP contribution in [0.3, 0.4) is 0 Å². The highest BCUT2D eigenvalue weighted by atomic mass is 16.4. The van der Waals surface area contributed by atoms with Gasteiger partial charge < -0.3 is 10.3 Å². The number of rotatable bonds is 0. The lowest BCUT2D eigenvalue weighted by atomic mass is 9.95. The molecule has 0 spiro atoms. The second kappa shape index (κ2) is 4.43. The molecule has 22 heavy (non-hydrogen) atoms. The van der Waals surface area contributed by atoms with E-state index in [1.165, 1.54) is 0 Å². The van der Waals surface area contributed by atoms with Gasteiger partial charge in [-0.1, -0.05) is 53.7 Å². The molecule has 0 aromatic heterocycles. The van der Waals surface area contributed by atoms with Gasteiger partial charge in [0.15, 0.2) is 5.78 Å². The van der Waals surface area contributed by atoms with Gasteiger partial charge in [-0.05, 0) is 11.5 Å². The molecule has 0 atom stereocenters. The number of carbonyl (C=O) groups is 1. The molecule has 106 valence electrons. The van der Waals surface area contributed by atoms with Gasteiger partial charge in [-0.15, -0.1) is 0 Å². The number of fused-ring (bicyclic) bond motifs is 1. The smallest absolute Gasteiger partial charge is 0.194 e. The summed E-state index contributed by atoms with van der Waals surface area (Å²) in [6.45, 7) is 0. The van der Waals surface area contributed by atoms with Gasteiger partial charge in [0.2, 0.25) is 0 Å². The van der Waals surface area contributed by atoms with Gasteiger partial charge in [-0.3, -0.25) is 4.79 Å². The summed E-state index contributed by atoms with van der Waals surface area (Å²) in [6.07, 6.45) is 0. The van der Waals surface area contributed by atoms with E-state index in [-0.39, 0.29) is 17.2 Å². The zero-order valence-electron chi connectivity index (χ0n) is 11.4. The molecule has 2 N–H and O–H groups in total. The average Bonchev–Trinajstić information content (AvgIpc) is 2.66. The van der Waals surface area contributed by atoms with Crippen LogP contribution in [-0.2, 0) is 0 Å². The first kappa shape index (κ1) is 12.6. The van der Waals surface area contributed by atoms with E-state index in [9.17, 15) is 15.1 Å². The third-order valence-electron chi connectivity index (χ3n) is 4.03. The Morgan fingerprint density at radius 1 is 0.818 bits per heavy atom. The van der Waals surface area contributed by atoms with E-state index in [4.69, 9.17) is 0 Å². The van der Waals surface area contributed by atoms with Crippen LogP contribution >= 0.6 is 0 Å². The number of carbonyl (C=O) groups excluding carboxylic acids is 1. The van der Waals surface area contributed by atoms with E-state index < -0.39 is 0 Å². The molecule has 0 amide bonds. The highest BCUT2D eigenvalue weighted by Crippen LogP contribution is 2.36. The predicted molar refractivity (Wildman–Crippen MR) is 82.9 cm³/mol. The Balaban J connectivity index is 2.29. The van der Waals surface area contributed by atoms with Gasteiger partial charge >= 0.3 is 0 Å². The van der Waals surface area contributed by atoms with Crippen LogP contribution in [0.1, 0.15) is 27.0 Å². The molecule has 0 aliphatic heterocycles. The maximum absolute atomic E-state index is 12.9. The summed E-state index contributed by atoms with van der Waals surface area (Å²) < 4.78 is 0. The number of oxime groups is 1. The van der Waals surface area contributed by atoms with Crippen molar-refractivity contribution in [1.29, 1.82) is 0 Å². The van der Waals surface area contributed by atoms with Crippen molar-refractivity contribution in [2.24, 2.45) is 5.16 Å². The molecule has 0 saturated carbocycles. The summed E-state index contributed by atoms with van der Waals surface area (Å²) >= 11 is 0. The van der Waals surface area contributed by atoms with Crippen LogP contribution in [0.5, 0.6) is 5.75 Å². The minimum Gasteiger partial charge on any atom is -0.507 e. The molecule has 0 bridgehead atoms. The van der Waals surface area contributed by atoms with Gasteiger partial charge in [0.25, 0.3) is 0 Å². The van der Waals surface area contributed by atoms with Crippen molar-refractivity contribution >= 4 is 22.3 Å². The zero-order chi connectivity index (χ0) is 15.3. The zero-order valence-corrected chi connectivity index (χ0v) is 11.4. The number of nitrogens with zero attached hydrogens (tertiary/aromatic N) is 1. The summed E-state index contributed by atoms with van der Waals surface area (Å²) in [5.41, 5.74) is 2.05. The van der Waals surface area contributed by atoms with Gasteiger partial charge in [0, 0.05) is 22.1 Å². The van der Waals surface area contributed by atoms with Crippen molar-refractivity contribution < 1.29 is 15.1 Å². The van der Waals surface area contributed by atoms with Crippen LogP contribution in [0.4, 0.5) is 0 Å². The molecule has 4 rings (SSSR count). The Morgan fingerprint density at radius 3 is 2.32 bits per heavy atom. The summed E-state index contributed by atoms with van der Waals surface area (Å²) in [5, 5.41) is 24.6. The summed E-state index contributed by atoms with van der Waals surface area (Å²) in [5.74, 6) is -0.163. The molecule has 1 aliphatic rings. The third-order valence-corrected chi connectivity index (χ3v) is 4.03. The molecule has 0 heterocycles. The fraction of sp³-hybridized carbons (Fsp3) is 0. The van der Waals surface area contributed by atoms with Crippen molar-refractivity contribution in [3.05, 3.63) is 76.9 Å². The molecular formula is C18H11NO3. The van der Waals surface area contributed by atoms with Gasteiger partial charge in [0.1, 0.15) is 11.5 Å². The van der Waals surface area contributed by atoms with E-state index in [0.717, 1.165) is 5.39 Å². The lowest BCUT2D eigenvalue weighted by Gasteiger charge is -2.10. The van der Waals surface area contributed by atoms with E-state index in [1.54, 1.807) is 48.5 Å². The lowest BCUT2D eigenvalue weighted by Crippen LogP contribution is -2.07. The molecule has 0 saturated heterocycles. The maximum atomic E-state index is 12.9. The maximum Gasteiger partial charge on any atom is 0.194 e. The van der Waals surface area contributed by atoms with Crippen molar-refractivity contribution in [3.63, 3.8) is 0 Å². The standard InChI is InChI=1S/C18H11NO3/c20-14-9-8-10-4-3-7-13-15(10)16(14)17(19-22)11-5-1-2-6-12(11)18(13)21/h1-9,20,22H/b19-17-. The van der Waals surface area contributed by atoms with Crippen LogP contribution in [0.15, 0.2) is 59.8 Å². The molecular weight excluding hydrogens is 278 g/mol. The molecule has 0 unspecified atom stereocenters. The number of hydrogen-bond acceptors (Lipinski definition) is 4. The third kappa shape index (κ3) is 1.52. The second-order valence-corrected chi connectivity index (χ2v) is 5.19. The van der Waals surface area contributed by atoms with E-state index in [2.05, 4.69) is 5.16 Å². The molecule has 3 aromatic carbocycles. The second-order valence-electron chi connectivity index (χ2n) is 5.19. The first-order chi connectivity index (χ1) is 10.7. The van der Waals surface area contributed by atoms with Crippen LogP contribution < -0.4 is 0 Å². The van der Waals surface area contributed by atoms with Crippen molar-refractivity contribution in [2.45, 2.75) is 0 Å². The number of ketones is 1. The van der Waals surface area contributed by atoms with Crippen LogP contribution in [0, 0.1) is 0 Å². The van der Waals surface area contributed by atoms with E-state index in [1.807, 2.05) is 6.07 Å². The number of hydrogen-bond donors (Lipinski definition) is 2. The molecule has 4 nitrogen and oxygen atoms in total. The number of phenolic OH excluding ortho intramolecular Hbond substituents is 1. The van der Waals surface area contributed by atoms with Gasteiger partial charge in [-0.25, -0.2) is 0 Å². The first-order valence-corrected chi connectivity index (χ1v) is 6.83. The Labute approximate surface area is 125 Å². The number of aromatic hydroxyl groups is 1. The molecule has 0 fully saturated rings. The van der Waals surface area contributed by atoms with Crippen LogP contribution in [-0.4, -0.2) is 21.8 Å². The minimum atomic E-state index is -0.147. The first-order valence-electron chi connectivity index (χ1n) is 6.83. The van der Waals surface area contributed by atoms with Crippen LogP contribution in [0.2, 0.25) is 0 Å². The molecule has 0 radical (unpaired) electrons. The minimum absolute atomic E-state index is 0.0164. The molecule has 3 aromatic rings. The van der Waals surface area contributed by atoms with E-state index in [0.29, 0.717) is 27.6 Å². The molecule has 1 aliphatic carbocycles. The Hall–Kier alpha value is -3.14. The topological polar surface area (TPSA) is 69.9 Å². The van der Waals surface area contributed by atoms with Gasteiger partial charge in [0.05, 0.1) is 5.56 Å². The predicted octanol–water partition coefficient (Wildman–Crippen LogP) is 3.32. The highest BCUT2D eigenvalue weighted by molar-refractivity contribution is 6.32. The monoisotopic (exact) mass is 289 g/mol. The molecule has 4 heteroatoms. The summed E-state index contributed by atoms with van der Waals surface area (Å²) in [7, 11) is 0. The number of benzene rings is 3. The van der Waals surface area contributed by atoms with Crippen molar-refractivity contribution in [3.8, 4) is 5.75 Å². The van der Waals surface area contributed by atoms with Crippen molar-refractivity contribution in [1.82, 2.24) is 0 Å². The Kier molecular flexibility index (Phi) is 2.53. The Bertz CT molecular complexity index is 973. The largest absolute Gasteiger partial charge is 0.507 e. The van der Waals surface area contributed by atoms with Crippen molar-refractivity contribution in [2.75, 3.05) is 0 Å². The van der Waals surface area contributed by atoms with E-state index >= 15 is 0 Å². The highest BCUT2D eigenvalue weighted by Gasteiger charge is 2.28. The number of phenols is 1. The average molecular weight is 289 g/mol. The Morgan fingerprint density at radius 2 is 1.55 bits per heavy atom. The van der Waals surface area contributed by atoms with Gasteiger partial charge in [-0.2, -0.15) is 0 Å². The fourth-order valence-corrected chi connectivity index (χ4v) is 3.07. The summed E-state index contributed by atoms with van der Waals surface area (Å²) in [4.78, 5) is 12.9. The quantitative estimate of drug-likeness (QED) is 0.385.